The zero-order chi connectivity index (χ0) is 18.1. The van der Waals surface area contributed by atoms with Gasteiger partial charge in [0, 0.05) is 16.9 Å². The van der Waals surface area contributed by atoms with Crippen molar-refractivity contribution in [1.82, 2.24) is 0 Å². The second kappa shape index (κ2) is 6.16. The molecule has 128 valence electrons. The Hall–Kier alpha value is -2.55. The van der Waals surface area contributed by atoms with E-state index in [1.807, 2.05) is 0 Å². The molecule has 0 spiro atoms. The summed E-state index contributed by atoms with van der Waals surface area (Å²) in [6.07, 6.45) is 0. The minimum absolute atomic E-state index is 0.223. The smallest absolute Gasteiger partial charge is 0.398 e. The minimum Gasteiger partial charge on any atom is -0.398 e. The van der Waals surface area contributed by atoms with Crippen LogP contribution in [0.2, 0.25) is 0 Å². The van der Waals surface area contributed by atoms with Gasteiger partial charge in [-0.3, -0.25) is 4.79 Å². The van der Waals surface area contributed by atoms with Gasteiger partial charge >= 0.3 is 5.51 Å². The van der Waals surface area contributed by atoms with Crippen LogP contribution >= 0.6 is 0 Å². The summed E-state index contributed by atoms with van der Waals surface area (Å²) < 4.78 is 60.5. The largest absolute Gasteiger partial charge is 0.501 e. The first kappa shape index (κ1) is 17.8. The highest BCUT2D eigenvalue weighted by molar-refractivity contribution is 7.92. The number of rotatable bonds is 3. The fraction of sp³-hybridized carbons (Fsp3) is 0.133. The Kier molecular flexibility index (Phi) is 4.57. The van der Waals surface area contributed by atoms with E-state index >= 15 is 0 Å². The predicted octanol–water partition coefficient (Wildman–Crippen LogP) is 3.12. The van der Waals surface area contributed by atoms with E-state index in [1.54, 1.807) is 19.1 Å². The Morgan fingerprint density at radius 1 is 1.12 bits per heavy atom. The van der Waals surface area contributed by atoms with Crippen LogP contribution in [0.4, 0.5) is 24.5 Å². The van der Waals surface area contributed by atoms with Crippen molar-refractivity contribution in [2.75, 3.05) is 11.1 Å². The predicted molar refractivity (Wildman–Crippen MR) is 83.2 cm³/mol. The van der Waals surface area contributed by atoms with Gasteiger partial charge in [0.1, 0.15) is 0 Å². The Balaban J connectivity index is 2.31. The number of sulfone groups is 1. The number of nitrogens with one attached hydrogen (secondary N) is 1. The van der Waals surface area contributed by atoms with Crippen LogP contribution in [0.5, 0.6) is 0 Å². The first-order chi connectivity index (χ1) is 11.0. The number of carbonyl (C=O) groups is 1. The van der Waals surface area contributed by atoms with E-state index in [0.717, 1.165) is 17.7 Å². The van der Waals surface area contributed by atoms with E-state index in [-0.39, 0.29) is 5.56 Å². The third-order valence-electron chi connectivity index (χ3n) is 3.25. The number of aryl methyl sites for hydroxylation is 1. The summed E-state index contributed by atoms with van der Waals surface area (Å²) in [4.78, 5) is 11.1. The summed E-state index contributed by atoms with van der Waals surface area (Å²) in [5.74, 6) is -0.752. The van der Waals surface area contributed by atoms with Crippen LogP contribution < -0.4 is 11.1 Å². The molecule has 9 heteroatoms. The quantitative estimate of drug-likeness (QED) is 0.825. The zero-order valence-corrected chi connectivity index (χ0v) is 13.2. The maximum atomic E-state index is 12.6. The van der Waals surface area contributed by atoms with Gasteiger partial charge in [-0.25, -0.2) is 8.42 Å². The van der Waals surface area contributed by atoms with Crippen molar-refractivity contribution in [2.24, 2.45) is 0 Å². The summed E-state index contributed by atoms with van der Waals surface area (Å²) in [5.41, 5.74) is 1.62. The Labute approximate surface area is 136 Å². The zero-order valence-electron chi connectivity index (χ0n) is 12.4. The van der Waals surface area contributed by atoms with Crippen LogP contribution in [-0.4, -0.2) is 19.8 Å². The number of halogens is 3. The second-order valence-corrected chi connectivity index (χ2v) is 6.94. The van der Waals surface area contributed by atoms with Crippen molar-refractivity contribution >= 4 is 27.1 Å². The molecule has 5 nitrogen and oxygen atoms in total. The Morgan fingerprint density at radius 3 is 2.38 bits per heavy atom. The lowest BCUT2D eigenvalue weighted by molar-refractivity contribution is -0.0436. The van der Waals surface area contributed by atoms with Gasteiger partial charge in [0.05, 0.1) is 4.90 Å². The molecule has 2 aromatic carbocycles. The molecule has 2 rings (SSSR count). The first-order valence-corrected chi connectivity index (χ1v) is 8.09. The summed E-state index contributed by atoms with van der Waals surface area (Å²) in [7, 11) is -5.52. The van der Waals surface area contributed by atoms with Crippen molar-refractivity contribution in [3.63, 3.8) is 0 Å². The van der Waals surface area contributed by atoms with Crippen LogP contribution in [0.3, 0.4) is 0 Å². The SMILES string of the molecule is Cc1ccc(NC(=O)c2cccc(S(=O)(=O)C(F)(F)F)c2)cc1N. The van der Waals surface area contributed by atoms with Crippen molar-refractivity contribution in [1.29, 1.82) is 0 Å². The van der Waals surface area contributed by atoms with Crippen LogP contribution in [-0.2, 0) is 9.84 Å². The molecule has 0 atom stereocenters. The summed E-state index contributed by atoms with van der Waals surface area (Å²) >= 11 is 0. The molecule has 0 saturated heterocycles. The van der Waals surface area contributed by atoms with E-state index < -0.39 is 26.1 Å². The van der Waals surface area contributed by atoms with Gasteiger partial charge < -0.3 is 11.1 Å². The monoisotopic (exact) mass is 358 g/mol. The molecule has 0 fully saturated rings. The van der Waals surface area contributed by atoms with Gasteiger partial charge in [0.2, 0.25) is 0 Å². The third kappa shape index (κ3) is 3.51. The minimum atomic E-state index is -5.52. The van der Waals surface area contributed by atoms with E-state index in [1.165, 1.54) is 12.1 Å². The summed E-state index contributed by atoms with van der Waals surface area (Å²) in [5, 5.41) is 2.45. The average molecular weight is 358 g/mol. The molecule has 0 heterocycles. The fourth-order valence-electron chi connectivity index (χ4n) is 1.86. The van der Waals surface area contributed by atoms with E-state index in [2.05, 4.69) is 5.32 Å². The molecular weight excluding hydrogens is 345 g/mol. The lowest BCUT2D eigenvalue weighted by Crippen LogP contribution is -2.23. The van der Waals surface area contributed by atoms with Crippen molar-refractivity contribution < 1.29 is 26.4 Å². The first-order valence-electron chi connectivity index (χ1n) is 6.61. The van der Waals surface area contributed by atoms with Crippen molar-refractivity contribution in [2.45, 2.75) is 17.3 Å². The number of hydrogen-bond donors (Lipinski definition) is 2. The Bertz CT molecular complexity index is 893. The molecule has 0 saturated carbocycles. The summed E-state index contributed by atoms with van der Waals surface area (Å²) in [6, 6.07) is 8.46. The molecule has 0 aromatic heterocycles. The van der Waals surface area contributed by atoms with E-state index in [4.69, 9.17) is 5.73 Å². The number of alkyl halides is 3. The summed E-state index contributed by atoms with van der Waals surface area (Å²) in [6.45, 7) is 1.77. The second-order valence-electron chi connectivity index (χ2n) is 5.00. The molecule has 1 amide bonds. The van der Waals surface area contributed by atoms with Crippen LogP contribution in [0, 0.1) is 6.92 Å². The number of nitrogen functional groups attached to an aromatic ring is 1. The molecule has 3 N–H and O–H groups in total. The molecular formula is C15H13F3N2O3S. The van der Waals surface area contributed by atoms with Gasteiger partial charge in [0.25, 0.3) is 15.7 Å². The molecule has 0 bridgehead atoms. The van der Waals surface area contributed by atoms with Crippen molar-refractivity contribution in [3.8, 4) is 0 Å². The molecule has 0 aliphatic carbocycles. The van der Waals surface area contributed by atoms with Gasteiger partial charge in [-0.05, 0) is 42.8 Å². The van der Waals surface area contributed by atoms with E-state index in [0.29, 0.717) is 17.4 Å². The molecule has 2 aromatic rings. The van der Waals surface area contributed by atoms with Gasteiger partial charge in [-0.1, -0.05) is 12.1 Å². The van der Waals surface area contributed by atoms with Crippen LogP contribution in [0.25, 0.3) is 0 Å². The fourth-order valence-corrected chi connectivity index (χ4v) is 2.67. The lowest BCUT2D eigenvalue weighted by Gasteiger charge is -2.10. The van der Waals surface area contributed by atoms with Gasteiger partial charge in [0.15, 0.2) is 0 Å². The molecule has 24 heavy (non-hydrogen) atoms. The number of nitrogens with two attached hydrogens (primary N) is 1. The lowest BCUT2D eigenvalue weighted by atomic mass is 10.1. The maximum absolute atomic E-state index is 12.6. The highest BCUT2D eigenvalue weighted by atomic mass is 32.2. The number of carbonyl (C=O) groups excluding carboxylic acids is 1. The normalized spacial score (nSPS) is 12.0. The standard InChI is InChI=1S/C15H13F3N2O3S/c1-9-5-6-11(8-13(9)19)20-14(21)10-3-2-4-12(7-10)24(22,23)15(16,17)18/h2-8H,19H2,1H3,(H,20,21). The number of hydrogen-bond acceptors (Lipinski definition) is 4. The molecule has 0 radical (unpaired) electrons. The highest BCUT2D eigenvalue weighted by Gasteiger charge is 2.46. The number of anilines is 2. The topological polar surface area (TPSA) is 89.3 Å². The molecule has 0 aliphatic rings. The van der Waals surface area contributed by atoms with Crippen LogP contribution in [0.1, 0.15) is 15.9 Å². The maximum Gasteiger partial charge on any atom is 0.501 e. The number of amides is 1. The Morgan fingerprint density at radius 2 is 1.79 bits per heavy atom. The molecule has 0 aliphatic heterocycles. The van der Waals surface area contributed by atoms with E-state index in [9.17, 15) is 26.4 Å². The number of benzene rings is 2. The van der Waals surface area contributed by atoms with Crippen LogP contribution in [0.15, 0.2) is 47.4 Å². The third-order valence-corrected chi connectivity index (χ3v) is 4.73. The van der Waals surface area contributed by atoms with Crippen molar-refractivity contribution in [3.05, 3.63) is 53.6 Å². The highest BCUT2D eigenvalue weighted by Crippen LogP contribution is 2.30. The average Bonchev–Trinajstić information content (AvgIpc) is 2.50. The van der Waals surface area contributed by atoms with Gasteiger partial charge in [-0.15, -0.1) is 0 Å². The molecule has 0 unspecified atom stereocenters. The van der Waals surface area contributed by atoms with Gasteiger partial charge in [-0.2, -0.15) is 13.2 Å².